The summed E-state index contributed by atoms with van der Waals surface area (Å²) in [7, 11) is -0.463. The second-order valence-electron chi connectivity index (χ2n) is 4.12. The quantitative estimate of drug-likeness (QED) is 0.533. The molecule has 0 bridgehead atoms. The van der Waals surface area contributed by atoms with Gasteiger partial charge in [-0.3, -0.25) is 4.79 Å². The van der Waals surface area contributed by atoms with E-state index in [4.69, 9.17) is 4.74 Å². The Bertz CT molecular complexity index is 562. The van der Waals surface area contributed by atoms with Crippen LogP contribution in [0, 0.1) is 0 Å². The number of ether oxygens (including phenoxy) is 1. The number of hydrogen-bond acceptors (Lipinski definition) is 6. The predicted molar refractivity (Wildman–Crippen MR) is 78.5 cm³/mol. The summed E-state index contributed by atoms with van der Waals surface area (Å²) in [6.45, 7) is 0.845. The molecule has 1 amide bonds. The third-order valence-corrected chi connectivity index (χ3v) is 4.03. The molecule has 1 heterocycles. The molecule has 0 saturated heterocycles. The maximum atomic E-state index is 12.0. The fraction of sp³-hybridized carbons (Fsp3) is 0.500. The van der Waals surface area contributed by atoms with Crippen molar-refractivity contribution < 1.29 is 17.9 Å². The van der Waals surface area contributed by atoms with Crippen LogP contribution in [0.4, 0.5) is 5.82 Å². The fourth-order valence-corrected chi connectivity index (χ4v) is 2.52. The molecule has 9 heteroatoms. The lowest BCUT2D eigenvalue weighted by Crippen LogP contribution is -2.32. The Labute approximate surface area is 124 Å². The van der Waals surface area contributed by atoms with Gasteiger partial charge in [-0.15, -0.1) is 0 Å². The number of aromatic nitrogens is 1. The van der Waals surface area contributed by atoms with E-state index in [2.05, 4.69) is 20.3 Å². The van der Waals surface area contributed by atoms with Crippen molar-refractivity contribution in [2.75, 3.05) is 39.2 Å². The van der Waals surface area contributed by atoms with Crippen LogP contribution in [0.5, 0.6) is 0 Å². The highest BCUT2D eigenvalue weighted by Crippen LogP contribution is 2.11. The van der Waals surface area contributed by atoms with Crippen molar-refractivity contribution >= 4 is 21.7 Å². The van der Waals surface area contributed by atoms with Crippen LogP contribution in [-0.2, 0) is 19.6 Å². The maximum absolute atomic E-state index is 12.0. The van der Waals surface area contributed by atoms with Crippen molar-refractivity contribution in [1.29, 1.82) is 0 Å². The largest absolute Gasteiger partial charge is 0.383 e. The highest BCUT2D eigenvalue weighted by Gasteiger charge is 2.14. The van der Waals surface area contributed by atoms with E-state index in [0.717, 1.165) is 0 Å². The lowest BCUT2D eigenvalue weighted by Gasteiger charge is -2.08. The minimum Gasteiger partial charge on any atom is -0.383 e. The van der Waals surface area contributed by atoms with Gasteiger partial charge in [0.2, 0.25) is 15.9 Å². The molecule has 0 saturated carbocycles. The molecule has 8 nitrogen and oxygen atoms in total. The third-order valence-electron chi connectivity index (χ3n) is 2.57. The van der Waals surface area contributed by atoms with Crippen molar-refractivity contribution in [2.24, 2.45) is 0 Å². The van der Waals surface area contributed by atoms with Crippen molar-refractivity contribution in [2.45, 2.75) is 11.3 Å². The number of nitrogens with one attached hydrogen (secondary N) is 3. The molecule has 0 atom stereocenters. The summed E-state index contributed by atoms with van der Waals surface area (Å²) in [6.07, 6.45) is 1.46. The minimum atomic E-state index is -3.65. The Morgan fingerprint density at radius 1 is 1.38 bits per heavy atom. The van der Waals surface area contributed by atoms with Gasteiger partial charge in [0.15, 0.2) is 0 Å². The van der Waals surface area contributed by atoms with Gasteiger partial charge in [0.05, 0.1) is 11.5 Å². The highest BCUT2D eigenvalue weighted by atomic mass is 32.2. The number of methoxy groups -OCH3 is 1. The highest BCUT2D eigenvalue weighted by molar-refractivity contribution is 7.89. The van der Waals surface area contributed by atoms with Crippen LogP contribution >= 0.6 is 0 Å². The molecule has 0 unspecified atom stereocenters. The first-order valence-electron chi connectivity index (χ1n) is 6.38. The molecule has 1 aromatic heterocycles. The lowest BCUT2D eigenvalue weighted by molar-refractivity contribution is -0.121. The molecule has 0 aliphatic rings. The molecular formula is C12H20N4O4S. The van der Waals surface area contributed by atoms with Crippen molar-refractivity contribution in [3.05, 3.63) is 18.3 Å². The molecule has 0 aliphatic heterocycles. The van der Waals surface area contributed by atoms with Crippen LogP contribution < -0.4 is 15.4 Å². The molecule has 118 valence electrons. The number of anilines is 1. The smallest absolute Gasteiger partial charge is 0.240 e. The Hall–Kier alpha value is -1.71. The number of carbonyl (C=O) groups excluding carboxylic acids is 1. The van der Waals surface area contributed by atoms with E-state index in [1.165, 1.54) is 25.4 Å². The Morgan fingerprint density at radius 2 is 2.14 bits per heavy atom. The van der Waals surface area contributed by atoms with E-state index in [1.54, 1.807) is 7.05 Å². The third kappa shape index (κ3) is 6.06. The van der Waals surface area contributed by atoms with Crippen LogP contribution in [0.15, 0.2) is 23.2 Å². The maximum Gasteiger partial charge on any atom is 0.240 e. The summed E-state index contributed by atoms with van der Waals surface area (Å²) in [5.41, 5.74) is 0. The van der Waals surface area contributed by atoms with Gasteiger partial charge in [0.1, 0.15) is 5.82 Å². The number of pyridine rings is 1. The second-order valence-corrected chi connectivity index (χ2v) is 5.88. The molecule has 0 aromatic carbocycles. The standard InChI is InChI=1S/C12H20N4O4S/c1-13-11-9-10(3-5-14-11)21(18,19)16-6-4-12(17)15-7-8-20-2/h3,5,9,16H,4,6-8H2,1-2H3,(H,13,14)(H,15,17). The minimum absolute atomic E-state index is 0.0261. The van der Waals surface area contributed by atoms with Gasteiger partial charge in [-0.2, -0.15) is 0 Å². The first-order valence-corrected chi connectivity index (χ1v) is 7.87. The topological polar surface area (TPSA) is 109 Å². The summed E-state index contributed by atoms with van der Waals surface area (Å²) in [5.74, 6) is 0.218. The van der Waals surface area contributed by atoms with E-state index < -0.39 is 10.0 Å². The zero-order valence-electron chi connectivity index (χ0n) is 12.0. The Morgan fingerprint density at radius 3 is 2.81 bits per heavy atom. The monoisotopic (exact) mass is 316 g/mol. The zero-order chi connectivity index (χ0) is 15.7. The van der Waals surface area contributed by atoms with E-state index in [1.807, 2.05) is 0 Å². The van der Waals surface area contributed by atoms with Crippen LogP contribution in [0.3, 0.4) is 0 Å². The summed E-state index contributed by atoms with van der Waals surface area (Å²) >= 11 is 0. The summed E-state index contributed by atoms with van der Waals surface area (Å²) in [6, 6.07) is 2.81. The molecule has 0 aliphatic carbocycles. The average molecular weight is 316 g/mol. The Balaban J connectivity index is 2.47. The lowest BCUT2D eigenvalue weighted by atomic mass is 10.4. The summed E-state index contributed by atoms with van der Waals surface area (Å²) in [4.78, 5) is 15.5. The molecule has 1 aromatic rings. The number of rotatable bonds is 9. The number of sulfonamides is 1. The van der Waals surface area contributed by atoms with Crippen LogP contribution in [-0.4, -0.2) is 53.2 Å². The summed E-state index contributed by atoms with van der Waals surface area (Å²) < 4.78 is 31.2. The number of carbonyl (C=O) groups is 1. The first kappa shape index (κ1) is 17.3. The SMILES string of the molecule is CNc1cc(S(=O)(=O)NCCC(=O)NCCOC)ccn1. The van der Waals surface area contributed by atoms with Gasteiger partial charge < -0.3 is 15.4 Å². The normalized spacial score (nSPS) is 11.1. The van der Waals surface area contributed by atoms with Crippen molar-refractivity contribution in [1.82, 2.24) is 15.0 Å². The molecule has 0 spiro atoms. The molecule has 3 N–H and O–H groups in total. The van der Waals surface area contributed by atoms with Gasteiger partial charge in [-0.1, -0.05) is 0 Å². The molecule has 1 rings (SSSR count). The Kier molecular flexibility index (Phi) is 7.06. The second kappa shape index (κ2) is 8.55. The molecule has 21 heavy (non-hydrogen) atoms. The summed E-state index contributed by atoms with van der Waals surface area (Å²) in [5, 5.41) is 5.37. The van der Waals surface area contributed by atoms with E-state index in [0.29, 0.717) is 19.0 Å². The van der Waals surface area contributed by atoms with Crippen molar-refractivity contribution in [3.8, 4) is 0 Å². The van der Waals surface area contributed by atoms with Crippen LogP contribution in [0.25, 0.3) is 0 Å². The zero-order valence-corrected chi connectivity index (χ0v) is 12.9. The van der Waals surface area contributed by atoms with Crippen molar-refractivity contribution in [3.63, 3.8) is 0 Å². The number of hydrogen-bond donors (Lipinski definition) is 3. The van der Waals surface area contributed by atoms with E-state index in [9.17, 15) is 13.2 Å². The molecular weight excluding hydrogens is 296 g/mol. The number of amides is 1. The van der Waals surface area contributed by atoms with E-state index >= 15 is 0 Å². The van der Waals surface area contributed by atoms with Crippen LogP contribution in [0.1, 0.15) is 6.42 Å². The van der Waals surface area contributed by atoms with Gasteiger partial charge in [0, 0.05) is 45.9 Å². The van der Waals surface area contributed by atoms with Gasteiger partial charge in [0.25, 0.3) is 0 Å². The van der Waals surface area contributed by atoms with Gasteiger partial charge >= 0.3 is 0 Å². The van der Waals surface area contributed by atoms with Gasteiger partial charge in [-0.05, 0) is 6.07 Å². The number of nitrogens with zero attached hydrogens (tertiary/aromatic N) is 1. The van der Waals surface area contributed by atoms with Crippen LogP contribution in [0.2, 0.25) is 0 Å². The first-order chi connectivity index (χ1) is 9.99. The van der Waals surface area contributed by atoms with Gasteiger partial charge in [-0.25, -0.2) is 18.1 Å². The van der Waals surface area contributed by atoms with E-state index in [-0.39, 0.29) is 23.8 Å². The fourth-order valence-electron chi connectivity index (χ4n) is 1.48. The molecule has 0 radical (unpaired) electrons. The average Bonchev–Trinajstić information content (AvgIpc) is 2.47. The molecule has 0 fully saturated rings. The predicted octanol–water partition coefficient (Wildman–Crippen LogP) is -0.446.